The Morgan fingerprint density at radius 1 is 1.17 bits per heavy atom. The van der Waals surface area contributed by atoms with Gasteiger partial charge in [0.05, 0.1) is 19.4 Å². The molecule has 1 aromatic heterocycles. The Bertz CT molecular complexity index is 1010. The lowest BCUT2D eigenvalue weighted by molar-refractivity contribution is -0.140. The van der Waals surface area contributed by atoms with Crippen molar-refractivity contribution < 1.29 is 18.7 Å². The number of benzene rings is 2. The second kappa shape index (κ2) is 9.94. The molecule has 0 bridgehead atoms. The standard InChI is InChI=1S/C24H26BrNO4/c1-15-13-21(11-7-18(15)8-12-22(27)28-4)29-14-16(2)23-17(3)30-24(26-23)19-5-9-20(25)10-6-19/h5-7,9-11,13,16H,8,12,14H2,1-4H3/t16-/m1/s1. The van der Waals surface area contributed by atoms with Crippen molar-refractivity contribution in [2.45, 2.75) is 39.5 Å². The number of hydrogen-bond donors (Lipinski definition) is 0. The number of hydrogen-bond acceptors (Lipinski definition) is 5. The average Bonchev–Trinajstić information content (AvgIpc) is 3.13. The minimum Gasteiger partial charge on any atom is -0.493 e. The van der Waals surface area contributed by atoms with Crippen molar-refractivity contribution >= 4 is 21.9 Å². The largest absolute Gasteiger partial charge is 0.493 e. The predicted octanol–water partition coefficient (Wildman–Crippen LogP) is 6.01. The van der Waals surface area contributed by atoms with Crippen molar-refractivity contribution in [3.05, 3.63) is 69.5 Å². The molecule has 158 valence electrons. The molecule has 3 aromatic rings. The van der Waals surface area contributed by atoms with Crippen molar-refractivity contribution in [2.24, 2.45) is 0 Å². The second-order valence-corrected chi connectivity index (χ2v) is 8.26. The van der Waals surface area contributed by atoms with Crippen LogP contribution >= 0.6 is 15.9 Å². The molecule has 1 atom stereocenters. The van der Waals surface area contributed by atoms with Crippen molar-refractivity contribution in [1.82, 2.24) is 4.98 Å². The summed E-state index contributed by atoms with van der Waals surface area (Å²) in [4.78, 5) is 16.0. The first-order valence-corrected chi connectivity index (χ1v) is 10.7. The van der Waals surface area contributed by atoms with Crippen LogP contribution in [0.2, 0.25) is 0 Å². The minimum atomic E-state index is -0.200. The van der Waals surface area contributed by atoms with Gasteiger partial charge in [-0.2, -0.15) is 0 Å². The Morgan fingerprint density at radius 2 is 1.90 bits per heavy atom. The van der Waals surface area contributed by atoms with Crippen LogP contribution in [-0.4, -0.2) is 24.7 Å². The lowest BCUT2D eigenvalue weighted by atomic mass is 10.0. The summed E-state index contributed by atoms with van der Waals surface area (Å²) in [5.41, 5.74) is 4.06. The van der Waals surface area contributed by atoms with Crippen LogP contribution < -0.4 is 4.74 Å². The molecule has 0 radical (unpaired) electrons. The zero-order chi connectivity index (χ0) is 21.7. The summed E-state index contributed by atoms with van der Waals surface area (Å²) in [5, 5.41) is 0. The van der Waals surface area contributed by atoms with Crippen molar-refractivity contribution in [3.63, 3.8) is 0 Å². The SMILES string of the molecule is COC(=O)CCc1ccc(OC[C@@H](C)c2nc(-c3ccc(Br)cc3)oc2C)cc1C. The van der Waals surface area contributed by atoms with Gasteiger partial charge in [-0.3, -0.25) is 4.79 Å². The van der Waals surface area contributed by atoms with Gasteiger partial charge in [0.1, 0.15) is 11.5 Å². The van der Waals surface area contributed by atoms with Crippen LogP contribution in [0.15, 0.2) is 51.4 Å². The molecule has 0 unspecified atom stereocenters. The van der Waals surface area contributed by atoms with Gasteiger partial charge < -0.3 is 13.9 Å². The predicted molar refractivity (Wildman–Crippen MR) is 120 cm³/mol. The topological polar surface area (TPSA) is 61.6 Å². The number of ether oxygens (including phenoxy) is 2. The van der Waals surface area contributed by atoms with Gasteiger partial charge in [0.2, 0.25) is 5.89 Å². The Kier molecular flexibility index (Phi) is 7.32. The molecule has 0 aliphatic rings. The van der Waals surface area contributed by atoms with E-state index < -0.39 is 0 Å². The third-order valence-corrected chi connectivity index (χ3v) is 5.56. The lowest BCUT2D eigenvalue weighted by Crippen LogP contribution is -2.09. The molecule has 30 heavy (non-hydrogen) atoms. The van der Waals surface area contributed by atoms with E-state index in [0.717, 1.165) is 38.4 Å². The molecular formula is C24H26BrNO4. The summed E-state index contributed by atoms with van der Waals surface area (Å²) in [7, 11) is 1.41. The molecule has 0 aliphatic carbocycles. The normalized spacial score (nSPS) is 11.9. The van der Waals surface area contributed by atoms with E-state index in [0.29, 0.717) is 25.3 Å². The molecule has 3 rings (SSSR count). The number of rotatable bonds is 8. The number of nitrogens with zero attached hydrogens (tertiary/aromatic N) is 1. The van der Waals surface area contributed by atoms with Gasteiger partial charge in [-0.05, 0) is 67.8 Å². The third-order valence-electron chi connectivity index (χ3n) is 5.03. The molecule has 0 saturated carbocycles. The van der Waals surface area contributed by atoms with E-state index in [-0.39, 0.29) is 11.9 Å². The monoisotopic (exact) mass is 471 g/mol. The number of halogens is 1. The summed E-state index contributed by atoms with van der Waals surface area (Å²) in [6.07, 6.45) is 1.03. The molecule has 0 amide bonds. The van der Waals surface area contributed by atoms with Gasteiger partial charge in [0.15, 0.2) is 0 Å². The Hall–Kier alpha value is -2.60. The van der Waals surface area contributed by atoms with Crippen LogP contribution in [0.4, 0.5) is 0 Å². The summed E-state index contributed by atoms with van der Waals surface area (Å²) in [6.45, 7) is 6.53. The molecule has 0 N–H and O–H groups in total. The van der Waals surface area contributed by atoms with Crippen molar-refractivity contribution in [2.75, 3.05) is 13.7 Å². The molecule has 5 nitrogen and oxygen atoms in total. The van der Waals surface area contributed by atoms with Crippen LogP contribution in [-0.2, 0) is 16.0 Å². The fourth-order valence-corrected chi connectivity index (χ4v) is 3.52. The number of carbonyl (C=O) groups excluding carboxylic acids is 1. The Balaban J connectivity index is 1.63. The highest BCUT2D eigenvalue weighted by Gasteiger charge is 2.18. The second-order valence-electron chi connectivity index (χ2n) is 7.34. The van der Waals surface area contributed by atoms with Crippen molar-refractivity contribution in [1.29, 1.82) is 0 Å². The number of aromatic nitrogens is 1. The van der Waals surface area contributed by atoms with Crippen LogP contribution in [0.1, 0.15) is 41.8 Å². The van der Waals surface area contributed by atoms with Gasteiger partial charge in [-0.1, -0.05) is 28.9 Å². The van der Waals surface area contributed by atoms with Gasteiger partial charge in [0, 0.05) is 22.4 Å². The number of aryl methyl sites for hydroxylation is 3. The molecule has 0 saturated heterocycles. The summed E-state index contributed by atoms with van der Waals surface area (Å²) in [6, 6.07) is 13.8. The maximum atomic E-state index is 11.3. The van der Waals surface area contributed by atoms with Gasteiger partial charge in [-0.25, -0.2) is 4.98 Å². The maximum absolute atomic E-state index is 11.3. The van der Waals surface area contributed by atoms with Crippen LogP contribution in [0.5, 0.6) is 5.75 Å². The van der Waals surface area contributed by atoms with E-state index in [1.165, 1.54) is 7.11 Å². The number of esters is 1. The van der Waals surface area contributed by atoms with E-state index in [2.05, 4.69) is 22.9 Å². The Labute approximate surface area is 185 Å². The molecule has 6 heteroatoms. The van der Waals surface area contributed by atoms with Gasteiger partial charge in [0.25, 0.3) is 0 Å². The van der Waals surface area contributed by atoms with Crippen molar-refractivity contribution in [3.8, 4) is 17.2 Å². The zero-order valence-corrected chi connectivity index (χ0v) is 19.3. The number of oxazole rings is 1. The first-order valence-electron chi connectivity index (χ1n) is 9.89. The highest BCUT2D eigenvalue weighted by molar-refractivity contribution is 9.10. The first kappa shape index (κ1) is 22.1. The summed E-state index contributed by atoms with van der Waals surface area (Å²) in [5.74, 6) is 2.10. The molecule has 2 aromatic carbocycles. The van der Waals surface area contributed by atoms with Gasteiger partial charge >= 0.3 is 5.97 Å². The van der Waals surface area contributed by atoms with Crippen LogP contribution in [0, 0.1) is 13.8 Å². The third kappa shape index (κ3) is 5.51. The smallest absolute Gasteiger partial charge is 0.305 e. The first-order chi connectivity index (χ1) is 14.4. The maximum Gasteiger partial charge on any atom is 0.305 e. The molecule has 1 heterocycles. The van der Waals surface area contributed by atoms with E-state index in [4.69, 9.17) is 18.9 Å². The lowest BCUT2D eigenvalue weighted by Gasteiger charge is -2.13. The number of methoxy groups -OCH3 is 1. The Morgan fingerprint density at radius 3 is 2.57 bits per heavy atom. The fraction of sp³-hybridized carbons (Fsp3) is 0.333. The molecule has 0 spiro atoms. The van der Waals surface area contributed by atoms with Crippen LogP contribution in [0.25, 0.3) is 11.5 Å². The fourth-order valence-electron chi connectivity index (χ4n) is 3.26. The zero-order valence-electron chi connectivity index (χ0n) is 17.7. The molecule has 0 aliphatic heterocycles. The van der Waals surface area contributed by atoms with E-state index in [1.807, 2.05) is 56.3 Å². The highest BCUT2D eigenvalue weighted by Crippen LogP contribution is 2.28. The highest BCUT2D eigenvalue weighted by atomic mass is 79.9. The molecule has 0 fully saturated rings. The van der Waals surface area contributed by atoms with E-state index >= 15 is 0 Å². The minimum absolute atomic E-state index is 0.0808. The number of carbonyl (C=O) groups is 1. The van der Waals surface area contributed by atoms with Crippen LogP contribution in [0.3, 0.4) is 0 Å². The van der Waals surface area contributed by atoms with Gasteiger partial charge in [-0.15, -0.1) is 0 Å². The summed E-state index contributed by atoms with van der Waals surface area (Å²) < 4.78 is 17.6. The van der Waals surface area contributed by atoms with E-state index in [9.17, 15) is 4.79 Å². The van der Waals surface area contributed by atoms with E-state index in [1.54, 1.807) is 0 Å². The average molecular weight is 472 g/mol. The quantitative estimate of drug-likeness (QED) is 0.376. The summed E-state index contributed by atoms with van der Waals surface area (Å²) >= 11 is 3.44. The molecular weight excluding hydrogens is 446 g/mol.